The van der Waals surface area contributed by atoms with Crippen molar-refractivity contribution < 1.29 is 23.1 Å². The summed E-state index contributed by atoms with van der Waals surface area (Å²) in [7, 11) is -4.04. The van der Waals surface area contributed by atoms with Crippen molar-refractivity contribution in [3.05, 3.63) is 52.1 Å². The molecule has 2 N–H and O–H groups in total. The zero-order chi connectivity index (χ0) is 23.4. The molecule has 0 aromatic heterocycles. The van der Waals surface area contributed by atoms with Gasteiger partial charge in [-0.05, 0) is 73.9 Å². The maximum atomic E-state index is 13.0. The minimum atomic E-state index is -4.04. The van der Waals surface area contributed by atoms with Crippen molar-refractivity contribution >= 4 is 15.9 Å². The predicted molar refractivity (Wildman–Crippen MR) is 120 cm³/mol. The summed E-state index contributed by atoms with van der Waals surface area (Å²) < 4.78 is 33.9. The third-order valence-electron chi connectivity index (χ3n) is 6.26. The van der Waals surface area contributed by atoms with Gasteiger partial charge in [0.15, 0.2) is 5.60 Å². The first kappa shape index (κ1) is 23.1. The lowest BCUT2D eigenvalue weighted by Gasteiger charge is -2.36. The second-order valence-corrected chi connectivity index (χ2v) is 11.3. The van der Waals surface area contributed by atoms with Crippen LogP contribution in [0.15, 0.2) is 29.2 Å². The van der Waals surface area contributed by atoms with Crippen LogP contribution in [0.5, 0.6) is 11.5 Å². The second kappa shape index (κ2) is 7.55. The van der Waals surface area contributed by atoms with Crippen molar-refractivity contribution in [3.8, 4) is 11.5 Å². The van der Waals surface area contributed by atoms with E-state index in [1.807, 2.05) is 34.6 Å². The first-order valence-electron chi connectivity index (χ1n) is 10.4. The number of hydrogen-bond acceptors (Lipinski definition) is 5. The van der Waals surface area contributed by atoms with E-state index in [9.17, 15) is 18.3 Å². The minimum absolute atomic E-state index is 0.0291. The highest BCUT2D eigenvalue weighted by atomic mass is 32.2. The van der Waals surface area contributed by atoms with E-state index in [1.165, 1.54) is 12.1 Å². The lowest BCUT2D eigenvalue weighted by Crippen LogP contribution is -2.52. The van der Waals surface area contributed by atoms with Gasteiger partial charge in [-0.25, -0.2) is 13.1 Å². The lowest BCUT2D eigenvalue weighted by atomic mass is 9.87. The number of phenolic OH excluding ortho intramolecular Hbond substituents is 1. The van der Waals surface area contributed by atoms with Gasteiger partial charge in [0.2, 0.25) is 0 Å². The van der Waals surface area contributed by atoms with E-state index >= 15 is 0 Å². The van der Waals surface area contributed by atoms with E-state index in [-0.39, 0.29) is 16.1 Å². The lowest BCUT2D eigenvalue weighted by molar-refractivity contribution is -0.134. The van der Waals surface area contributed by atoms with E-state index in [4.69, 9.17) is 4.74 Å². The molecule has 3 rings (SSSR count). The molecule has 0 radical (unpaired) electrons. The van der Waals surface area contributed by atoms with Crippen LogP contribution >= 0.6 is 0 Å². The molecular weight excluding hydrogens is 414 g/mol. The molecule has 2 aromatic carbocycles. The topological polar surface area (TPSA) is 92.7 Å². The molecule has 1 amide bonds. The maximum Gasteiger partial charge on any atom is 0.277 e. The van der Waals surface area contributed by atoms with E-state index in [2.05, 4.69) is 4.72 Å². The van der Waals surface area contributed by atoms with Crippen LogP contribution in [0.1, 0.15) is 61.9 Å². The third kappa shape index (κ3) is 4.15. The molecule has 1 unspecified atom stereocenters. The second-order valence-electron chi connectivity index (χ2n) is 9.57. The summed E-state index contributed by atoms with van der Waals surface area (Å²) in [6, 6.07) is 6.54. The van der Waals surface area contributed by atoms with Crippen molar-refractivity contribution in [2.24, 2.45) is 0 Å². The van der Waals surface area contributed by atoms with Gasteiger partial charge in [0.1, 0.15) is 11.5 Å². The number of benzene rings is 2. The summed E-state index contributed by atoms with van der Waals surface area (Å²) in [5.41, 5.74) is 2.57. The van der Waals surface area contributed by atoms with Gasteiger partial charge >= 0.3 is 0 Å². The number of aromatic hydroxyl groups is 1. The van der Waals surface area contributed by atoms with Gasteiger partial charge in [-0.15, -0.1) is 0 Å². The van der Waals surface area contributed by atoms with Crippen molar-refractivity contribution in [2.45, 2.75) is 77.2 Å². The highest BCUT2D eigenvalue weighted by Gasteiger charge is 2.42. The Labute approximate surface area is 184 Å². The summed E-state index contributed by atoms with van der Waals surface area (Å²) in [6.45, 7) is 13.2. The van der Waals surface area contributed by atoms with E-state index in [0.29, 0.717) is 24.2 Å². The van der Waals surface area contributed by atoms with Crippen molar-refractivity contribution in [1.29, 1.82) is 0 Å². The molecule has 0 saturated heterocycles. The number of amides is 1. The van der Waals surface area contributed by atoms with Crippen LogP contribution in [0.3, 0.4) is 0 Å². The SMILES string of the molecule is Cc1c(C)c2c(c(C)c1O)CCC(C)(C(=O)NS(=O)(=O)c1ccc(C(C)(C)C)cc1)O2. The average Bonchev–Trinajstić information content (AvgIpc) is 2.69. The normalized spacial score (nSPS) is 18.8. The number of carbonyl (C=O) groups excluding carboxylic acids is 1. The quantitative estimate of drug-likeness (QED) is 0.739. The van der Waals surface area contributed by atoms with Crippen LogP contribution in [0.4, 0.5) is 0 Å². The fourth-order valence-electron chi connectivity index (χ4n) is 3.83. The number of fused-ring (bicyclic) bond motifs is 1. The molecule has 2 aromatic rings. The molecule has 6 nitrogen and oxygen atoms in total. The zero-order valence-corrected chi connectivity index (χ0v) is 20.0. The molecule has 0 fully saturated rings. The molecule has 0 aliphatic carbocycles. The molecule has 168 valence electrons. The number of hydrogen-bond donors (Lipinski definition) is 2. The molecule has 31 heavy (non-hydrogen) atoms. The van der Waals surface area contributed by atoms with Gasteiger partial charge in [-0.2, -0.15) is 0 Å². The van der Waals surface area contributed by atoms with Gasteiger partial charge in [-0.3, -0.25) is 4.79 Å². The Balaban J connectivity index is 1.87. The average molecular weight is 446 g/mol. The largest absolute Gasteiger partial charge is 0.507 e. The Morgan fingerprint density at radius 3 is 2.19 bits per heavy atom. The molecule has 0 bridgehead atoms. The fraction of sp³-hybridized carbons (Fsp3) is 0.458. The van der Waals surface area contributed by atoms with Gasteiger partial charge in [0.25, 0.3) is 15.9 Å². The van der Waals surface area contributed by atoms with Gasteiger partial charge < -0.3 is 9.84 Å². The zero-order valence-electron chi connectivity index (χ0n) is 19.2. The van der Waals surface area contributed by atoms with Crippen molar-refractivity contribution in [1.82, 2.24) is 4.72 Å². The first-order valence-corrected chi connectivity index (χ1v) is 11.8. The fourth-order valence-corrected chi connectivity index (χ4v) is 4.90. The summed E-state index contributed by atoms with van der Waals surface area (Å²) in [5.74, 6) is 0.0682. The van der Waals surface area contributed by atoms with Crippen LogP contribution in [0.2, 0.25) is 0 Å². The standard InChI is InChI=1S/C24H31NO5S/c1-14-15(2)21-19(16(3)20(14)26)12-13-24(7,30-21)22(27)25-31(28,29)18-10-8-17(9-11-18)23(4,5)6/h8-11,26H,12-13H2,1-7H3,(H,25,27). The van der Waals surface area contributed by atoms with E-state index in [1.54, 1.807) is 26.0 Å². The van der Waals surface area contributed by atoms with Gasteiger partial charge in [0.05, 0.1) is 4.90 Å². The van der Waals surface area contributed by atoms with Crippen molar-refractivity contribution in [3.63, 3.8) is 0 Å². The van der Waals surface area contributed by atoms with E-state index < -0.39 is 21.5 Å². The number of rotatable bonds is 3. The summed E-state index contributed by atoms with van der Waals surface area (Å²) >= 11 is 0. The maximum absolute atomic E-state index is 13.0. The summed E-state index contributed by atoms with van der Waals surface area (Å²) in [6.07, 6.45) is 0.799. The number of phenols is 1. The third-order valence-corrected chi connectivity index (χ3v) is 7.60. The molecule has 1 aliphatic heterocycles. The highest BCUT2D eigenvalue weighted by Crippen LogP contribution is 2.43. The van der Waals surface area contributed by atoms with Crippen LogP contribution in [-0.2, 0) is 26.7 Å². The first-order chi connectivity index (χ1) is 14.2. The predicted octanol–water partition coefficient (Wildman–Crippen LogP) is 4.20. The summed E-state index contributed by atoms with van der Waals surface area (Å²) in [5, 5.41) is 10.3. The number of nitrogens with one attached hydrogen (secondary N) is 1. The van der Waals surface area contributed by atoms with Crippen molar-refractivity contribution in [2.75, 3.05) is 0 Å². The number of ether oxygens (including phenoxy) is 1. The Hall–Kier alpha value is -2.54. The number of sulfonamides is 1. The molecule has 1 aliphatic rings. The van der Waals surface area contributed by atoms with E-state index in [0.717, 1.165) is 22.3 Å². The Kier molecular flexibility index (Phi) is 5.63. The molecule has 1 atom stereocenters. The Bertz CT molecular complexity index is 1140. The minimum Gasteiger partial charge on any atom is -0.507 e. The van der Waals surface area contributed by atoms with Gasteiger partial charge in [0, 0.05) is 12.0 Å². The van der Waals surface area contributed by atoms with Crippen LogP contribution in [-0.4, -0.2) is 25.0 Å². The molecular formula is C24H31NO5S. The Morgan fingerprint density at radius 1 is 1.06 bits per heavy atom. The molecule has 0 saturated carbocycles. The molecule has 0 spiro atoms. The molecule has 7 heteroatoms. The monoisotopic (exact) mass is 445 g/mol. The van der Waals surface area contributed by atoms with Crippen LogP contribution in [0, 0.1) is 20.8 Å². The van der Waals surface area contributed by atoms with Crippen LogP contribution < -0.4 is 9.46 Å². The smallest absolute Gasteiger partial charge is 0.277 e. The highest BCUT2D eigenvalue weighted by molar-refractivity contribution is 7.90. The van der Waals surface area contributed by atoms with Gasteiger partial charge in [-0.1, -0.05) is 32.9 Å². The van der Waals surface area contributed by atoms with Crippen LogP contribution in [0.25, 0.3) is 0 Å². The summed E-state index contributed by atoms with van der Waals surface area (Å²) in [4.78, 5) is 13.1. The number of carbonyl (C=O) groups is 1. The Morgan fingerprint density at radius 2 is 1.65 bits per heavy atom. The molecule has 1 heterocycles.